The first-order valence-electron chi connectivity index (χ1n) is 4.36. The molecule has 2 N–H and O–H groups in total. The summed E-state index contributed by atoms with van der Waals surface area (Å²) in [5, 5.41) is 12.6. The summed E-state index contributed by atoms with van der Waals surface area (Å²) >= 11 is 0. The molecule has 1 aromatic rings. The lowest BCUT2D eigenvalue weighted by Crippen LogP contribution is -2.11. The Balaban J connectivity index is 2.50. The molecule has 0 bridgehead atoms. The van der Waals surface area contributed by atoms with Crippen molar-refractivity contribution in [1.29, 1.82) is 0 Å². The zero-order valence-corrected chi connectivity index (χ0v) is 7.21. The summed E-state index contributed by atoms with van der Waals surface area (Å²) < 4.78 is 0. The molecule has 0 fully saturated rings. The zero-order chi connectivity index (χ0) is 9.26. The van der Waals surface area contributed by atoms with Gasteiger partial charge >= 0.3 is 0 Å². The maximum absolute atomic E-state index is 10.5. The number of aldehydes is 1. The highest BCUT2D eigenvalue weighted by Crippen LogP contribution is 2.28. The molecule has 0 aliphatic carbocycles. The molecule has 13 heavy (non-hydrogen) atoms. The molecule has 1 aromatic carbocycles. The maximum atomic E-state index is 10.5. The highest BCUT2D eigenvalue weighted by Gasteiger charge is 2.11. The SMILES string of the molecule is O=Cc1cc2c(cc1O)CCCN2. The third-order valence-corrected chi connectivity index (χ3v) is 2.32. The van der Waals surface area contributed by atoms with Crippen LogP contribution < -0.4 is 5.32 Å². The van der Waals surface area contributed by atoms with E-state index in [4.69, 9.17) is 0 Å². The molecule has 0 radical (unpaired) electrons. The minimum atomic E-state index is 0.0810. The minimum Gasteiger partial charge on any atom is -0.507 e. The molecule has 0 atom stereocenters. The van der Waals surface area contributed by atoms with Crippen LogP contribution in [-0.2, 0) is 6.42 Å². The minimum absolute atomic E-state index is 0.0810. The average Bonchev–Trinajstić information content (AvgIpc) is 2.17. The standard InChI is InChI=1S/C10H11NO2/c12-6-8-4-9-7(5-10(8)13)2-1-3-11-9/h4-6,11,13H,1-3H2. The summed E-state index contributed by atoms with van der Waals surface area (Å²) in [6.07, 6.45) is 2.72. The van der Waals surface area contributed by atoms with E-state index in [1.807, 2.05) is 0 Å². The summed E-state index contributed by atoms with van der Waals surface area (Å²) in [6, 6.07) is 3.38. The van der Waals surface area contributed by atoms with Crippen molar-refractivity contribution in [2.75, 3.05) is 11.9 Å². The van der Waals surface area contributed by atoms with Gasteiger partial charge in [0.05, 0.1) is 5.56 Å². The molecular weight excluding hydrogens is 166 g/mol. The number of hydrogen-bond donors (Lipinski definition) is 2. The van der Waals surface area contributed by atoms with E-state index in [9.17, 15) is 9.90 Å². The molecule has 0 saturated carbocycles. The van der Waals surface area contributed by atoms with Crippen molar-refractivity contribution in [1.82, 2.24) is 0 Å². The van der Waals surface area contributed by atoms with Crippen LogP contribution in [0.5, 0.6) is 5.75 Å². The van der Waals surface area contributed by atoms with Gasteiger partial charge in [-0.1, -0.05) is 0 Å². The molecule has 1 aliphatic heterocycles. The van der Waals surface area contributed by atoms with Gasteiger partial charge in [-0.2, -0.15) is 0 Å². The zero-order valence-electron chi connectivity index (χ0n) is 7.21. The van der Waals surface area contributed by atoms with E-state index in [1.54, 1.807) is 12.1 Å². The predicted molar refractivity (Wildman–Crippen MR) is 50.3 cm³/mol. The van der Waals surface area contributed by atoms with Crippen LogP contribution in [0.3, 0.4) is 0 Å². The molecule has 0 unspecified atom stereocenters. The van der Waals surface area contributed by atoms with Gasteiger partial charge in [0.2, 0.25) is 0 Å². The van der Waals surface area contributed by atoms with Crippen molar-refractivity contribution < 1.29 is 9.90 Å². The van der Waals surface area contributed by atoms with Gasteiger partial charge in [-0.05, 0) is 30.5 Å². The molecule has 0 aromatic heterocycles. The second-order valence-electron chi connectivity index (χ2n) is 3.22. The quantitative estimate of drug-likeness (QED) is 0.505. The fourth-order valence-electron chi connectivity index (χ4n) is 1.62. The number of phenols is 1. The van der Waals surface area contributed by atoms with Crippen LogP contribution in [0.15, 0.2) is 12.1 Å². The number of carbonyl (C=O) groups is 1. The first-order valence-corrected chi connectivity index (χ1v) is 4.36. The monoisotopic (exact) mass is 177 g/mol. The number of fused-ring (bicyclic) bond motifs is 1. The van der Waals surface area contributed by atoms with Crippen LogP contribution >= 0.6 is 0 Å². The normalized spacial score (nSPS) is 14.5. The van der Waals surface area contributed by atoms with E-state index < -0.39 is 0 Å². The Labute approximate surface area is 76.4 Å². The van der Waals surface area contributed by atoms with E-state index >= 15 is 0 Å². The molecule has 0 amide bonds. The van der Waals surface area contributed by atoms with Crippen molar-refractivity contribution in [3.8, 4) is 5.75 Å². The molecule has 0 saturated heterocycles. The van der Waals surface area contributed by atoms with Gasteiger partial charge in [0.25, 0.3) is 0 Å². The second kappa shape index (κ2) is 3.09. The Kier molecular flexibility index (Phi) is 1.93. The second-order valence-corrected chi connectivity index (χ2v) is 3.22. The van der Waals surface area contributed by atoms with Gasteiger partial charge in [0.1, 0.15) is 5.75 Å². The van der Waals surface area contributed by atoms with Gasteiger partial charge in [0, 0.05) is 12.2 Å². The maximum Gasteiger partial charge on any atom is 0.153 e. The fourth-order valence-corrected chi connectivity index (χ4v) is 1.62. The molecule has 1 heterocycles. The van der Waals surface area contributed by atoms with Crippen LogP contribution in [0.4, 0.5) is 5.69 Å². The van der Waals surface area contributed by atoms with E-state index in [0.29, 0.717) is 11.8 Å². The summed E-state index contributed by atoms with van der Waals surface area (Å²) in [5.74, 6) is 0.0810. The molecule has 0 spiro atoms. The van der Waals surface area contributed by atoms with Gasteiger partial charge in [-0.25, -0.2) is 0 Å². The molecule has 2 rings (SSSR count). The van der Waals surface area contributed by atoms with Gasteiger partial charge in [0.15, 0.2) is 6.29 Å². The number of hydrogen-bond acceptors (Lipinski definition) is 3. The van der Waals surface area contributed by atoms with E-state index in [-0.39, 0.29) is 5.75 Å². The smallest absolute Gasteiger partial charge is 0.153 e. The van der Waals surface area contributed by atoms with Crippen LogP contribution in [0.2, 0.25) is 0 Å². The Morgan fingerprint density at radius 2 is 2.31 bits per heavy atom. The molecule has 3 heteroatoms. The predicted octanol–water partition coefficient (Wildman–Crippen LogP) is 1.56. The molecule has 1 aliphatic rings. The van der Waals surface area contributed by atoms with Crippen LogP contribution in [0, 0.1) is 0 Å². The van der Waals surface area contributed by atoms with Gasteiger partial charge in [-0.3, -0.25) is 4.79 Å². The van der Waals surface area contributed by atoms with E-state index in [1.165, 1.54) is 0 Å². The number of aryl methyl sites for hydroxylation is 1. The number of rotatable bonds is 1. The lowest BCUT2D eigenvalue weighted by atomic mass is 10.0. The Bertz CT molecular complexity index is 347. The van der Waals surface area contributed by atoms with Crippen LogP contribution in [-0.4, -0.2) is 17.9 Å². The number of benzene rings is 1. The lowest BCUT2D eigenvalue weighted by molar-refractivity contribution is 0.112. The van der Waals surface area contributed by atoms with Crippen molar-refractivity contribution in [3.05, 3.63) is 23.3 Å². The molecule has 68 valence electrons. The topological polar surface area (TPSA) is 49.3 Å². The van der Waals surface area contributed by atoms with Crippen molar-refractivity contribution in [2.24, 2.45) is 0 Å². The highest BCUT2D eigenvalue weighted by molar-refractivity contribution is 5.82. The van der Waals surface area contributed by atoms with Crippen LogP contribution in [0.1, 0.15) is 22.3 Å². The van der Waals surface area contributed by atoms with E-state index in [0.717, 1.165) is 30.6 Å². The summed E-state index contributed by atoms with van der Waals surface area (Å²) in [5.41, 5.74) is 2.42. The Hall–Kier alpha value is -1.51. The van der Waals surface area contributed by atoms with Gasteiger partial charge in [-0.15, -0.1) is 0 Å². The average molecular weight is 177 g/mol. The third kappa shape index (κ3) is 1.37. The molecule has 3 nitrogen and oxygen atoms in total. The van der Waals surface area contributed by atoms with E-state index in [2.05, 4.69) is 5.32 Å². The molecular formula is C10H11NO2. The largest absolute Gasteiger partial charge is 0.507 e. The first-order chi connectivity index (χ1) is 6.31. The van der Waals surface area contributed by atoms with Crippen LogP contribution in [0.25, 0.3) is 0 Å². The van der Waals surface area contributed by atoms with Crippen molar-refractivity contribution in [2.45, 2.75) is 12.8 Å². The fraction of sp³-hybridized carbons (Fsp3) is 0.300. The number of aromatic hydroxyl groups is 1. The van der Waals surface area contributed by atoms with Gasteiger partial charge < -0.3 is 10.4 Å². The first kappa shape index (κ1) is 8.10. The number of carbonyl (C=O) groups excluding carboxylic acids is 1. The van der Waals surface area contributed by atoms with Crippen molar-refractivity contribution >= 4 is 12.0 Å². The summed E-state index contributed by atoms with van der Waals surface area (Å²) in [4.78, 5) is 10.5. The Morgan fingerprint density at radius 1 is 1.46 bits per heavy atom. The highest BCUT2D eigenvalue weighted by atomic mass is 16.3. The van der Waals surface area contributed by atoms with Crippen molar-refractivity contribution in [3.63, 3.8) is 0 Å². The number of nitrogens with one attached hydrogen (secondary N) is 1. The Morgan fingerprint density at radius 3 is 3.08 bits per heavy atom. The lowest BCUT2D eigenvalue weighted by Gasteiger charge is -2.18. The summed E-state index contributed by atoms with van der Waals surface area (Å²) in [7, 11) is 0. The third-order valence-electron chi connectivity index (χ3n) is 2.32. The number of anilines is 1. The summed E-state index contributed by atoms with van der Waals surface area (Å²) in [6.45, 7) is 0.941. The number of phenolic OH excluding ortho intramolecular Hbond substituents is 1.